The van der Waals surface area contributed by atoms with E-state index in [1.54, 1.807) is 12.1 Å². The molecule has 1 amide bonds. The molecule has 5 N–H and O–H groups in total. The normalized spacial score (nSPS) is 12.1. The predicted octanol–water partition coefficient (Wildman–Crippen LogP) is -0.222. The van der Waals surface area contributed by atoms with Gasteiger partial charge < -0.3 is 16.6 Å². The lowest BCUT2D eigenvalue weighted by molar-refractivity contribution is -0.118. The molecule has 0 fully saturated rings. The fourth-order valence-corrected chi connectivity index (χ4v) is 1.19. The van der Waals surface area contributed by atoms with Gasteiger partial charge in [-0.2, -0.15) is 0 Å². The van der Waals surface area contributed by atoms with Crippen molar-refractivity contribution in [2.24, 2.45) is 11.5 Å². The monoisotopic (exact) mass is 208 g/mol. The Hall–Kier alpha value is -1.88. The van der Waals surface area contributed by atoms with E-state index in [1.165, 1.54) is 12.1 Å². The van der Waals surface area contributed by atoms with Crippen LogP contribution in [0.25, 0.3) is 0 Å². The van der Waals surface area contributed by atoms with E-state index >= 15 is 0 Å². The Bertz CT molecular complexity index is 390. The minimum Gasteiger partial charge on any atom is -0.507 e. The highest BCUT2D eigenvalue weighted by atomic mass is 16.3. The van der Waals surface area contributed by atoms with Crippen molar-refractivity contribution in [1.29, 1.82) is 0 Å². The van der Waals surface area contributed by atoms with Crippen molar-refractivity contribution < 1.29 is 14.7 Å². The molecule has 1 aromatic carbocycles. The fourth-order valence-electron chi connectivity index (χ4n) is 1.19. The molecule has 0 heterocycles. The van der Waals surface area contributed by atoms with Crippen LogP contribution in [0.1, 0.15) is 16.8 Å². The molecule has 0 saturated carbocycles. The van der Waals surface area contributed by atoms with E-state index in [0.29, 0.717) is 0 Å². The van der Waals surface area contributed by atoms with E-state index in [1.807, 2.05) is 0 Å². The van der Waals surface area contributed by atoms with Crippen molar-refractivity contribution in [3.05, 3.63) is 29.8 Å². The second-order valence-electron chi connectivity index (χ2n) is 3.16. The number of benzene rings is 1. The van der Waals surface area contributed by atoms with E-state index in [9.17, 15) is 14.7 Å². The minimum absolute atomic E-state index is 0.103. The molecule has 5 nitrogen and oxygen atoms in total. The molecule has 1 aromatic rings. The lowest BCUT2D eigenvalue weighted by Crippen LogP contribution is -2.35. The molecule has 0 aliphatic heterocycles. The summed E-state index contributed by atoms with van der Waals surface area (Å²) in [5, 5.41) is 9.37. The largest absolute Gasteiger partial charge is 0.507 e. The van der Waals surface area contributed by atoms with Gasteiger partial charge in [0.25, 0.3) is 0 Å². The number of phenolic OH excluding ortho intramolecular Hbond substituents is 1. The van der Waals surface area contributed by atoms with Gasteiger partial charge in [-0.05, 0) is 12.1 Å². The number of rotatable bonds is 4. The first-order valence-electron chi connectivity index (χ1n) is 4.38. The van der Waals surface area contributed by atoms with Crippen LogP contribution in [0.15, 0.2) is 24.3 Å². The summed E-state index contributed by atoms with van der Waals surface area (Å²) in [4.78, 5) is 22.2. The average molecular weight is 208 g/mol. The molecular formula is C10H12N2O3. The maximum atomic E-state index is 11.6. The molecule has 5 heteroatoms. The second kappa shape index (κ2) is 4.56. The predicted molar refractivity (Wildman–Crippen MR) is 54.2 cm³/mol. The van der Waals surface area contributed by atoms with E-state index in [2.05, 4.69) is 0 Å². The first-order valence-corrected chi connectivity index (χ1v) is 4.38. The Morgan fingerprint density at radius 2 is 1.93 bits per heavy atom. The number of hydrogen-bond acceptors (Lipinski definition) is 4. The van der Waals surface area contributed by atoms with Gasteiger partial charge in [0, 0.05) is 6.42 Å². The zero-order valence-corrected chi connectivity index (χ0v) is 8.01. The first kappa shape index (κ1) is 11.2. The fraction of sp³-hybridized carbons (Fsp3) is 0.200. The summed E-state index contributed by atoms with van der Waals surface area (Å²) in [6, 6.07) is 5.01. The number of carbonyl (C=O) groups is 2. The van der Waals surface area contributed by atoms with Crippen molar-refractivity contribution in [2.45, 2.75) is 12.5 Å². The van der Waals surface area contributed by atoms with Gasteiger partial charge in [0.05, 0.1) is 11.6 Å². The zero-order valence-electron chi connectivity index (χ0n) is 8.01. The molecular weight excluding hydrogens is 196 g/mol. The molecule has 1 atom stereocenters. The second-order valence-corrected chi connectivity index (χ2v) is 3.16. The third kappa shape index (κ3) is 2.78. The third-order valence-electron chi connectivity index (χ3n) is 1.93. The highest BCUT2D eigenvalue weighted by Crippen LogP contribution is 2.17. The molecule has 15 heavy (non-hydrogen) atoms. The van der Waals surface area contributed by atoms with Gasteiger partial charge in [0.2, 0.25) is 5.91 Å². The molecule has 0 radical (unpaired) electrons. The summed E-state index contributed by atoms with van der Waals surface area (Å²) in [7, 11) is 0. The van der Waals surface area contributed by atoms with Crippen LogP contribution in [-0.2, 0) is 4.79 Å². The highest BCUT2D eigenvalue weighted by Gasteiger charge is 2.19. The quantitative estimate of drug-likeness (QED) is 0.594. The van der Waals surface area contributed by atoms with Crippen LogP contribution in [0.2, 0.25) is 0 Å². The molecule has 0 spiro atoms. The molecule has 0 saturated heterocycles. The SMILES string of the molecule is NC(=O)C[C@H](N)C(=O)c1ccccc1O. The van der Waals surface area contributed by atoms with Crippen molar-refractivity contribution in [3.8, 4) is 5.75 Å². The molecule has 80 valence electrons. The number of amides is 1. The molecule has 0 unspecified atom stereocenters. The van der Waals surface area contributed by atoms with E-state index < -0.39 is 17.7 Å². The van der Waals surface area contributed by atoms with E-state index in [4.69, 9.17) is 11.5 Å². The number of hydrogen-bond donors (Lipinski definition) is 3. The van der Waals surface area contributed by atoms with Gasteiger partial charge in [-0.25, -0.2) is 0 Å². The van der Waals surface area contributed by atoms with Crippen LogP contribution < -0.4 is 11.5 Å². The summed E-state index contributed by atoms with van der Waals surface area (Å²) >= 11 is 0. The van der Waals surface area contributed by atoms with E-state index in [-0.39, 0.29) is 17.7 Å². The molecule has 1 rings (SSSR count). The maximum Gasteiger partial charge on any atom is 0.219 e. The molecule has 0 aromatic heterocycles. The van der Waals surface area contributed by atoms with Crippen molar-refractivity contribution in [3.63, 3.8) is 0 Å². The Morgan fingerprint density at radius 3 is 2.47 bits per heavy atom. The Labute approximate surface area is 86.7 Å². The Balaban J connectivity index is 2.85. The first-order chi connectivity index (χ1) is 7.02. The lowest BCUT2D eigenvalue weighted by Gasteiger charge is -2.09. The minimum atomic E-state index is -1.00. The summed E-state index contributed by atoms with van der Waals surface area (Å²) in [5.74, 6) is -1.29. The van der Waals surface area contributed by atoms with Gasteiger partial charge >= 0.3 is 0 Å². The van der Waals surface area contributed by atoms with Crippen molar-refractivity contribution >= 4 is 11.7 Å². The molecule has 0 aliphatic rings. The van der Waals surface area contributed by atoms with Gasteiger partial charge in [-0.3, -0.25) is 9.59 Å². The van der Waals surface area contributed by atoms with Crippen LogP contribution >= 0.6 is 0 Å². The zero-order chi connectivity index (χ0) is 11.4. The number of nitrogens with two attached hydrogens (primary N) is 2. The topological polar surface area (TPSA) is 106 Å². The van der Waals surface area contributed by atoms with Crippen molar-refractivity contribution in [2.75, 3.05) is 0 Å². The van der Waals surface area contributed by atoms with Gasteiger partial charge in [-0.1, -0.05) is 12.1 Å². The Kier molecular flexibility index (Phi) is 3.41. The number of aromatic hydroxyl groups is 1. The summed E-state index contributed by atoms with van der Waals surface area (Å²) < 4.78 is 0. The smallest absolute Gasteiger partial charge is 0.219 e. The number of primary amides is 1. The summed E-state index contributed by atoms with van der Waals surface area (Å²) in [5.41, 5.74) is 10.5. The van der Waals surface area contributed by atoms with Gasteiger partial charge in [0.15, 0.2) is 5.78 Å². The number of ketones is 1. The van der Waals surface area contributed by atoms with Crippen LogP contribution in [0.3, 0.4) is 0 Å². The van der Waals surface area contributed by atoms with Crippen LogP contribution in [-0.4, -0.2) is 22.8 Å². The van der Waals surface area contributed by atoms with E-state index in [0.717, 1.165) is 0 Å². The number of carbonyl (C=O) groups excluding carboxylic acids is 2. The number of phenols is 1. The van der Waals surface area contributed by atoms with Crippen LogP contribution in [0.5, 0.6) is 5.75 Å². The van der Waals surface area contributed by atoms with Gasteiger partial charge in [0.1, 0.15) is 5.75 Å². The van der Waals surface area contributed by atoms with Gasteiger partial charge in [-0.15, -0.1) is 0 Å². The summed E-state index contributed by atoms with van der Waals surface area (Å²) in [6.45, 7) is 0. The maximum absolute atomic E-state index is 11.6. The van der Waals surface area contributed by atoms with Crippen LogP contribution in [0, 0.1) is 0 Å². The number of Topliss-reactive ketones (excluding diaryl/α,β-unsaturated/α-hetero) is 1. The number of para-hydroxylation sites is 1. The third-order valence-corrected chi connectivity index (χ3v) is 1.93. The summed E-state index contributed by atoms with van der Waals surface area (Å²) in [6.07, 6.45) is -0.229. The lowest BCUT2D eigenvalue weighted by atomic mass is 10.0. The molecule has 0 bridgehead atoms. The average Bonchev–Trinajstić information content (AvgIpc) is 2.16. The highest BCUT2D eigenvalue weighted by molar-refractivity contribution is 6.03. The van der Waals surface area contributed by atoms with Crippen molar-refractivity contribution in [1.82, 2.24) is 0 Å². The molecule has 0 aliphatic carbocycles. The standard InChI is InChI=1S/C10H12N2O3/c11-7(5-9(12)14)10(15)6-3-1-2-4-8(6)13/h1-4,7,13H,5,11H2,(H2,12,14)/t7-/m0/s1. The van der Waals surface area contributed by atoms with Crippen LogP contribution in [0.4, 0.5) is 0 Å². The Morgan fingerprint density at radius 1 is 1.33 bits per heavy atom.